The highest BCUT2D eigenvalue weighted by atomic mass is 16.2. The van der Waals surface area contributed by atoms with Crippen molar-refractivity contribution < 1.29 is 4.79 Å². The molecule has 1 atom stereocenters. The molecule has 2 aliphatic heterocycles. The minimum Gasteiger partial charge on any atom is -0.337 e. The van der Waals surface area contributed by atoms with E-state index in [9.17, 15) is 4.79 Å². The molecule has 4 rings (SSSR count). The van der Waals surface area contributed by atoms with Gasteiger partial charge in [0.05, 0.1) is 6.20 Å². The van der Waals surface area contributed by atoms with Gasteiger partial charge in [-0.15, -0.1) is 0 Å². The molecule has 1 aromatic heterocycles. The fourth-order valence-electron chi connectivity index (χ4n) is 5.36. The topological polar surface area (TPSA) is 49.3 Å². The molecule has 1 spiro atoms. The molecule has 0 radical (unpaired) electrons. The van der Waals surface area contributed by atoms with Crippen molar-refractivity contribution in [1.29, 1.82) is 0 Å². The minimum absolute atomic E-state index is 0.0503. The molecule has 26 heavy (non-hydrogen) atoms. The maximum absolute atomic E-state index is 12.7. The SMILES string of the molecule is O=C(c1cnccn1)N1CCC2(CCCN(CCC3CCCCC3)C2)C1. The predicted octanol–water partition coefficient (Wildman–Crippen LogP) is 3.38. The molecule has 0 bridgehead atoms. The van der Waals surface area contributed by atoms with Crippen LogP contribution in [0.1, 0.15) is 68.3 Å². The van der Waals surface area contributed by atoms with Crippen LogP contribution in [0.25, 0.3) is 0 Å². The molecule has 0 aromatic carbocycles. The Kier molecular flexibility index (Phi) is 5.53. The molecule has 5 nitrogen and oxygen atoms in total. The summed E-state index contributed by atoms with van der Waals surface area (Å²) >= 11 is 0. The van der Waals surface area contributed by atoms with Gasteiger partial charge in [0.1, 0.15) is 5.69 Å². The van der Waals surface area contributed by atoms with Gasteiger partial charge in [0, 0.05) is 37.4 Å². The van der Waals surface area contributed by atoms with E-state index >= 15 is 0 Å². The summed E-state index contributed by atoms with van der Waals surface area (Å²) in [6, 6.07) is 0. The van der Waals surface area contributed by atoms with Crippen molar-refractivity contribution in [1.82, 2.24) is 19.8 Å². The first-order valence-electron chi connectivity index (χ1n) is 10.5. The first-order valence-corrected chi connectivity index (χ1v) is 10.5. The first-order chi connectivity index (χ1) is 12.7. The zero-order valence-corrected chi connectivity index (χ0v) is 15.9. The second-order valence-corrected chi connectivity index (χ2v) is 8.74. The number of piperidine rings is 1. The van der Waals surface area contributed by atoms with Gasteiger partial charge in [0.15, 0.2) is 0 Å². The molecule has 142 valence electrons. The van der Waals surface area contributed by atoms with Crippen molar-refractivity contribution in [3.05, 3.63) is 24.3 Å². The van der Waals surface area contributed by atoms with Crippen LogP contribution in [-0.2, 0) is 0 Å². The Bertz CT molecular complexity index is 601. The van der Waals surface area contributed by atoms with Crippen LogP contribution in [0, 0.1) is 11.3 Å². The third-order valence-corrected chi connectivity index (χ3v) is 6.83. The van der Waals surface area contributed by atoms with Crippen LogP contribution in [0.15, 0.2) is 18.6 Å². The molecule has 0 N–H and O–H groups in total. The van der Waals surface area contributed by atoms with Crippen molar-refractivity contribution in [2.24, 2.45) is 11.3 Å². The zero-order chi connectivity index (χ0) is 17.8. The van der Waals surface area contributed by atoms with Gasteiger partial charge in [-0.25, -0.2) is 4.98 Å². The third-order valence-electron chi connectivity index (χ3n) is 6.83. The lowest BCUT2D eigenvalue weighted by Gasteiger charge is -2.41. The Morgan fingerprint density at radius 3 is 2.77 bits per heavy atom. The predicted molar refractivity (Wildman–Crippen MR) is 102 cm³/mol. The van der Waals surface area contributed by atoms with E-state index in [4.69, 9.17) is 0 Å². The van der Waals surface area contributed by atoms with Gasteiger partial charge >= 0.3 is 0 Å². The maximum atomic E-state index is 12.7. The highest BCUT2D eigenvalue weighted by Gasteiger charge is 2.43. The fourth-order valence-corrected chi connectivity index (χ4v) is 5.36. The van der Waals surface area contributed by atoms with Gasteiger partial charge in [-0.3, -0.25) is 9.78 Å². The average molecular weight is 357 g/mol. The standard InChI is InChI=1S/C21H32N4O/c26-20(19-15-22-10-11-23-19)25-14-9-21(17-25)8-4-12-24(16-21)13-7-18-5-2-1-3-6-18/h10-11,15,18H,1-9,12-14,16-17H2. The largest absolute Gasteiger partial charge is 0.337 e. The number of hydrogen-bond donors (Lipinski definition) is 0. The van der Waals surface area contributed by atoms with E-state index < -0.39 is 0 Å². The van der Waals surface area contributed by atoms with Crippen LogP contribution in [0.2, 0.25) is 0 Å². The summed E-state index contributed by atoms with van der Waals surface area (Å²) in [5.74, 6) is 1.01. The molecular formula is C21H32N4O. The normalized spacial score (nSPS) is 27.9. The molecule has 3 heterocycles. The average Bonchev–Trinajstić information content (AvgIpc) is 3.10. The molecule has 5 heteroatoms. The third kappa shape index (κ3) is 4.08. The Morgan fingerprint density at radius 1 is 1.08 bits per heavy atom. The van der Waals surface area contributed by atoms with Gasteiger partial charge in [0.25, 0.3) is 5.91 Å². The molecule has 1 saturated carbocycles. The summed E-state index contributed by atoms with van der Waals surface area (Å²) in [6.45, 7) is 5.43. The summed E-state index contributed by atoms with van der Waals surface area (Å²) in [6.07, 6.45) is 17.1. The van der Waals surface area contributed by atoms with Gasteiger partial charge in [-0.2, -0.15) is 0 Å². The van der Waals surface area contributed by atoms with Gasteiger partial charge in [0.2, 0.25) is 0 Å². The Hall–Kier alpha value is -1.49. The number of nitrogens with zero attached hydrogens (tertiary/aromatic N) is 4. The molecule has 3 aliphatic rings. The maximum Gasteiger partial charge on any atom is 0.274 e. The highest BCUT2D eigenvalue weighted by molar-refractivity contribution is 5.92. The van der Waals surface area contributed by atoms with Crippen molar-refractivity contribution in [3.8, 4) is 0 Å². The lowest BCUT2D eigenvalue weighted by molar-refractivity contribution is 0.0669. The van der Waals surface area contributed by atoms with Crippen molar-refractivity contribution in [2.45, 2.75) is 57.8 Å². The minimum atomic E-state index is 0.0503. The fraction of sp³-hybridized carbons (Fsp3) is 0.762. The molecule has 1 amide bonds. The summed E-state index contributed by atoms with van der Waals surface area (Å²) in [5.41, 5.74) is 0.789. The highest BCUT2D eigenvalue weighted by Crippen LogP contribution is 2.39. The zero-order valence-electron chi connectivity index (χ0n) is 15.9. The van der Waals surface area contributed by atoms with Crippen molar-refractivity contribution in [2.75, 3.05) is 32.7 Å². The van der Waals surface area contributed by atoms with E-state index in [1.54, 1.807) is 18.6 Å². The van der Waals surface area contributed by atoms with E-state index in [0.717, 1.165) is 25.4 Å². The van der Waals surface area contributed by atoms with E-state index in [-0.39, 0.29) is 5.91 Å². The second kappa shape index (κ2) is 8.03. The first kappa shape index (κ1) is 17.9. The van der Waals surface area contributed by atoms with Crippen molar-refractivity contribution >= 4 is 5.91 Å². The number of aromatic nitrogens is 2. The number of carbonyl (C=O) groups excluding carboxylic acids is 1. The lowest BCUT2D eigenvalue weighted by atomic mass is 9.79. The number of likely N-dealkylation sites (tertiary alicyclic amines) is 2. The van der Waals surface area contributed by atoms with Gasteiger partial charge in [-0.05, 0) is 44.7 Å². The Balaban J connectivity index is 1.31. The van der Waals surface area contributed by atoms with Gasteiger partial charge < -0.3 is 9.80 Å². The number of hydrogen-bond acceptors (Lipinski definition) is 4. The Morgan fingerprint density at radius 2 is 1.96 bits per heavy atom. The summed E-state index contributed by atoms with van der Waals surface area (Å²) < 4.78 is 0. The molecule has 3 fully saturated rings. The van der Waals surface area contributed by atoms with Crippen molar-refractivity contribution in [3.63, 3.8) is 0 Å². The van der Waals surface area contributed by atoms with E-state index in [1.807, 2.05) is 4.90 Å². The molecule has 1 aromatic rings. The quantitative estimate of drug-likeness (QED) is 0.830. The lowest BCUT2D eigenvalue weighted by Crippen LogP contribution is -2.46. The van der Waals surface area contributed by atoms with Crippen LogP contribution >= 0.6 is 0 Å². The molecule has 1 aliphatic carbocycles. The van der Waals surface area contributed by atoms with Crippen LogP contribution in [0.4, 0.5) is 0 Å². The van der Waals surface area contributed by atoms with E-state index in [0.29, 0.717) is 11.1 Å². The number of amides is 1. The van der Waals surface area contributed by atoms with E-state index in [1.165, 1.54) is 71.0 Å². The van der Waals surface area contributed by atoms with Crippen LogP contribution in [0.5, 0.6) is 0 Å². The summed E-state index contributed by atoms with van der Waals surface area (Å²) in [7, 11) is 0. The summed E-state index contributed by atoms with van der Waals surface area (Å²) in [4.78, 5) is 25.6. The van der Waals surface area contributed by atoms with Crippen LogP contribution < -0.4 is 0 Å². The van der Waals surface area contributed by atoms with E-state index in [2.05, 4.69) is 14.9 Å². The monoisotopic (exact) mass is 356 g/mol. The summed E-state index contributed by atoms with van der Waals surface area (Å²) in [5, 5.41) is 0. The number of rotatable bonds is 4. The Labute approximate surface area is 157 Å². The molecule has 1 unspecified atom stereocenters. The molecular weight excluding hydrogens is 324 g/mol. The smallest absolute Gasteiger partial charge is 0.274 e. The van der Waals surface area contributed by atoms with Gasteiger partial charge in [-0.1, -0.05) is 32.1 Å². The number of carbonyl (C=O) groups is 1. The second-order valence-electron chi connectivity index (χ2n) is 8.74. The van der Waals surface area contributed by atoms with Crippen LogP contribution in [-0.4, -0.2) is 58.4 Å². The van der Waals surface area contributed by atoms with Crippen LogP contribution in [0.3, 0.4) is 0 Å². The molecule has 2 saturated heterocycles.